The highest BCUT2D eigenvalue weighted by Crippen LogP contribution is 2.50. The van der Waals surface area contributed by atoms with E-state index < -0.39 is 10.8 Å². The number of nitro groups is 1. The summed E-state index contributed by atoms with van der Waals surface area (Å²) in [5.74, 6) is -0.518. The molecule has 0 saturated heterocycles. The fraction of sp³-hybridized carbons (Fsp3) is 0.280. The van der Waals surface area contributed by atoms with Crippen LogP contribution in [-0.4, -0.2) is 10.7 Å². The van der Waals surface area contributed by atoms with Crippen LogP contribution in [0.25, 0.3) is 0 Å². The van der Waals surface area contributed by atoms with E-state index in [-0.39, 0.29) is 28.3 Å². The summed E-state index contributed by atoms with van der Waals surface area (Å²) in [5, 5.41) is 21.8. The van der Waals surface area contributed by atoms with Gasteiger partial charge in [-0.3, -0.25) is 19.8 Å². The van der Waals surface area contributed by atoms with Crippen LogP contribution in [-0.2, 0) is 4.79 Å². The smallest absolute Gasteiger partial charge is 0.269 e. The normalized spacial score (nSPS) is 19.9. The topological polar surface area (TPSA) is 113 Å². The minimum atomic E-state index is -0.690. The first-order valence-electron chi connectivity index (χ1n) is 10.5. The van der Waals surface area contributed by atoms with Crippen molar-refractivity contribution in [2.24, 2.45) is 11.1 Å². The molecule has 0 spiro atoms. The number of nitro benzene ring substituents is 1. The highest BCUT2D eigenvalue weighted by molar-refractivity contribution is 6.31. The Morgan fingerprint density at radius 1 is 1.21 bits per heavy atom. The molecule has 4 rings (SSSR count). The van der Waals surface area contributed by atoms with Crippen molar-refractivity contribution >= 4 is 28.8 Å². The molecule has 1 heterocycles. The second-order valence-electron chi connectivity index (χ2n) is 9.21. The minimum Gasteiger partial charge on any atom is -0.384 e. The van der Waals surface area contributed by atoms with Crippen LogP contribution in [0.3, 0.4) is 0 Å². The van der Waals surface area contributed by atoms with Gasteiger partial charge in [-0.25, -0.2) is 0 Å². The molecule has 2 aromatic carbocycles. The molecule has 0 amide bonds. The fourth-order valence-corrected chi connectivity index (χ4v) is 4.91. The number of benzene rings is 2. The summed E-state index contributed by atoms with van der Waals surface area (Å²) >= 11 is 6.39. The van der Waals surface area contributed by atoms with Crippen LogP contribution < -0.4 is 10.6 Å². The predicted octanol–water partition coefficient (Wildman–Crippen LogP) is 5.50. The lowest BCUT2D eigenvalue weighted by Gasteiger charge is -2.44. The third kappa shape index (κ3) is 3.77. The van der Waals surface area contributed by atoms with Gasteiger partial charge >= 0.3 is 0 Å². The Bertz CT molecular complexity index is 1290. The first kappa shape index (κ1) is 22.6. The van der Waals surface area contributed by atoms with Gasteiger partial charge < -0.3 is 5.73 Å². The van der Waals surface area contributed by atoms with E-state index in [2.05, 4.69) is 6.07 Å². The lowest BCUT2D eigenvalue weighted by atomic mass is 9.68. The molecule has 33 heavy (non-hydrogen) atoms. The molecule has 2 N–H and O–H groups in total. The van der Waals surface area contributed by atoms with Crippen LogP contribution in [0, 0.1) is 33.8 Å². The molecule has 1 aliphatic carbocycles. The third-order valence-electron chi connectivity index (χ3n) is 6.30. The van der Waals surface area contributed by atoms with Gasteiger partial charge in [-0.05, 0) is 42.0 Å². The number of hydrogen-bond acceptors (Lipinski definition) is 6. The van der Waals surface area contributed by atoms with Gasteiger partial charge in [0.2, 0.25) is 0 Å². The van der Waals surface area contributed by atoms with E-state index in [4.69, 9.17) is 17.3 Å². The summed E-state index contributed by atoms with van der Waals surface area (Å²) in [6.45, 7) is 5.92. The monoisotopic (exact) mass is 462 g/mol. The molecule has 2 aromatic rings. The molecule has 1 aliphatic heterocycles. The van der Waals surface area contributed by atoms with E-state index in [0.29, 0.717) is 34.7 Å². The van der Waals surface area contributed by atoms with Crippen molar-refractivity contribution in [3.63, 3.8) is 0 Å². The number of nitriles is 1. The van der Waals surface area contributed by atoms with Crippen molar-refractivity contribution in [1.82, 2.24) is 0 Å². The largest absolute Gasteiger partial charge is 0.384 e. The van der Waals surface area contributed by atoms with Gasteiger partial charge in [-0.1, -0.05) is 43.6 Å². The Balaban J connectivity index is 2.00. The minimum absolute atomic E-state index is 0.0606. The summed E-state index contributed by atoms with van der Waals surface area (Å²) < 4.78 is 0. The van der Waals surface area contributed by atoms with E-state index in [0.717, 1.165) is 11.3 Å². The molecule has 1 atom stereocenters. The van der Waals surface area contributed by atoms with Crippen molar-refractivity contribution < 1.29 is 9.72 Å². The number of anilines is 1. The molecule has 0 fully saturated rings. The summed E-state index contributed by atoms with van der Waals surface area (Å²) in [4.78, 5) is 25.9. The zero-order valence-electron chi connectivity index (χ0n) is 18.6. The predicted molar refractivity (Wildman–Crippen MR) is 126 cm³/mol. The second kappa shape index (κ2) is 8.05. The standard InChI is InChI=1S/C25H23ClN4O3/c1-14-18(26)5-4-6-19(14)29-20-11-25(2,3)12-21(31)23(20)22(17(13-27)24(29)28)15-7-9-16(10-8-15)30(32)33/h4-10,22H,11-12,28H2,1-3H3. The van der Waals surface area contributed by atoms with Crippen molar-refractivity contribution in [3.8, 4) is 6.07 Å². The van der Waals surface area contributed by atoms with Crippen molar-refractivity contribution in [1.29, 1.82) is 5.26 Å². The molecular formula is C25H23ClN4O3. The number of halogens is 1. The summed E-state index contributed by atoms with van der Waals surface area (Å²) in [6, 6.07) is 13.6. The van der Waals surface area contributed by atoms with Gasteiger partial charge in [0.25, 0.3) is 5.69 Å². The summed E-state index contributed by atoms with van der Waals surface area (Å²) in [7, 11) is 0. The first-order valence-corrected chi connectivity index (χ1v) is 10.9. The zero-order chi connectivity index (χ0) is 24.1. The van der Waals surface area contributed by atoms with E-state index >= 15 is 0 Å². The maximum atomic E-state index is 13.5. The molecule has 8 heteroatoms. The molecular weight excluding hydrogens is 440 g/mol. The Labute approximate surface area is 196 Å². The molecule has 0 aromatic heterocycles. The SMILES string of the molecule is Cc1c(Cl)cccc1N1C(N)=C(C#N)C(c2ccc([N+](=O)[O-])cc2)C2=C1CC(C)(C)CC2=O. The number of nitrogens with two attached hydrogens (primary N) is 1. The highest BCUT2D eigenvalue weighted by Gasteiger charge is 2.45. The van der Waals surface area contributed by atoms with Gasteiger partial charge in [0.1, 0.15) is 5.82 Å². The third-order valence-corrected chi connectivity index (χ3v) is 6.71. The van der Waals surface area contributed by atoms with Crippen LogP contribution in [0.15, 0.2) is 65.1 Å². The van der Waals surface area contributed by atoms with Crippen molar-refractivity contribution in [2.45, 2.75) is 39.5 Å². The lowest BCUT2D eigenvalue weighted by molar-refractivity contribution is -0.384. The molecule has 2 aliphatic rings. The van der Waals surface area contributed by atoms with E-state index in [1.807, 2.05) is 32.9 Å². The number of rotatable bonds is 3. The number of hydrogen-bond donors (Lipinski definition) is 1. The van der Waals surface area contributed by atoms with Gasteiger partial charge in [0.05, 0.1) is 28.2 Å². The number of carbonyl (C=O) groups is 1. The van der Waals surface area contributed by atoms with Crippen LogP contribution in [0.2, 0.25) is 5.02 Å². The van der Waals surface area contributed by atoms with Crippen molar-refractivity contribution in [2.75, 3.05) is 4.90 Å². The zero-order valence-corrected chi connectivity index (χ0v) is 19.3. The van der Waals surface area contributed by atoms with E-state index in [1.54, 1.807) is 23.1 Å². The Morgan fingerprint density at radius 3 is 2.48 bits per heavy atom. The molecule has 0 saturated carbocycles. The quantitative estimate of drug-likeness (QED) is 0.476. The summed E-state index contributed by atoms with van der Waals surface area (Å²) in [6.07, 6.45) is 0.902. The Kier molecular flexibility index (Phi) is 5.51. The van der Waals surface area contributed by atoms with Crippen LogP contribution >= 0.6 is 11.6 Å². The molecule has 7 nitrogen and oxygen atoms in total. The maximum absolute atomic E-state index is 13.5. The van der Waals surface area contributed by atoms with Crippen molar-refractivity contribution in [3.05, 3.63) is 91.4 Å². The van der Waals surface area contributed by atoms with Crippen LogP contribution in [0.5, 0.6) is 0 Å². The van der Waals surface area contributed by atoms with Gasteiger partial charge in [0.15, 0.2) is 5.78 Å². The molecule has 1 unspecified atom stereocenters. The van der Waals surface area contributed by atoms with Crippen LogP contribution in [0.4, 0.5) is 11.4 Å². The van der Waals surface area contributed by atoms with Gasteiger partial charge in [-0.15, -0.1) is 0 Å². The summed E-state index contributed by atoms with van der Waals surface area (Å²) in [5.41, 5.74) is 9.85. The van der Waals surface area contributed by atoms with E-state index in [1.165, 1.54) is 12.1 Å². The average molecular weight is 463 g/mol. The lowest BCUT2D eigenvalue weighted by Crippen LogP contribution is -2.42. The highest BCUT2D eigenvalue weighted by atomic mass is 35.5. The first-order chi connectivity index (χ1) is 15.6. The number of ketones is 1. The fourth-order valence-electron chi connectivity index (χ4n) is 4.74. The Morgan fingerprint density at radius 2 is 1.88 bits per heavy atom. The molecule has 0 radical (unpaired) electrons. The Hall–Kier alpha value is -3.63. The number of carbonyl (C=O) groups excluding carboxylic acids is 1. The second-order valence-corrected chi connectivity index (χ2v) is 9.62. The average Bonchev–Trinajstić information content (AvgIpc) is 2.75. The number of non-ortho nitro benzene ring substituents is 1. The number of Topliss-reactive ketones (excluding diaryl/α,β-unsaturated/α-hetero) is 1. The van der Waals surface area contributed by atoms with Crippen LogP contribution in [0.1, 0.15) is 43.7 Å². The van der Waals surface area contributed by atoms with E-state index in [9.17, 15) is 20.2 Å². The van der Waals surface area contributed by atoms with Gasteiger partial charge in [-0.2, -0.15) is 5.26 Å². The molecule has 0 bridgehead atoms. The van der Waals surface area contributed by atoms with Gasteiger partial charge in [0, 0.05) is 34.8 Å². The molecule has 168 valence electrons. The maximum Gasteiger partial charge on any atom is 0.269 e. The number of allylic oxidation sites excluding steroid dienone is 3. The number of nitrogens with zero attached hydrogens (tertiary/aromatic N) is 3.